The number of nitrogens with one attached hydrogen (secondary N) is 1. The Morgan fingerprint density at radius 1 is 0.903 bits per heavy atom. The van der Waals surface area contributed by atoms with Gasteiger partial charge in [0.1, 0.15) is 12.1 Å². The second-order valence-electron chi connectivity index (χ2n) is 6.54. The molecule has 0 bridgehead atoms. The van der Waals surface area contributed by atoms with Crippen LogP contribution in [0.25, 0.3) is 22.2 Å². The molecule has 0 saturated carbocycles. The second kappa shape index (κ2) is 9.61. The molecule has 0 saturated heterocycles. The van der Waals surface area contributed by atoms with Crippen LogP contribution in [0, 0.1) is 0 Å². The molecule has 2 aromatic heterocycles. The number of rotatable bonds is 9. The molecule has 0 fully saturated rings. The van der Waals surface area contributed by atoms with Gasteiger partial charge in [0, 0.05) is 28.1 Å². The Bertz CT molecular complexity index is 1180. The third kappa shape index (κ3) is 4.69. The first kappa shape index (κ1) is 20.9. The van der Waals surface area contributed by atoms with Gasteiger partial charge in [-0.05, 0) is 39.0 Å². The van der Waals surface area contributed by atoms with E-state index in [0.717, 1.165) is 27.8 Å². The Balaban J connectivity index is 1.67. The first-order valence-corrected chi connectivity index (χ1v) is 11.1. The fourth-order valence-electron chi connectivity index (χ4n) is 3.17. The zero-order valence-corrected chi connectivity index (χ0v) is 18.5. The lowest BCUT2D eigenvalue weighted by Gasteiger charge is -2.14. The number of hydrogen-bond acceptors (Lipinski definition) is 8. The van der Waals surface area contributed by atoms with Crippen molar-refractivity contribution < 1.29 is 14.2 Å². The summed E-state index contributed by atoms with van der Waals surface area (Å²) in [7, 11) is 0. The van der Waals surface area contributed by atoms with E-state index < -0.39 is 0 Å². The van der Waals surface area contributed by atoms with E-state index in [9.17, 15) is 0 Å². The highest BCUT2D eigenvalue weighted by Gasteiger charge is 2.13. The van der Waals surface area contributed by atoms with Crippen LogP contribution in [0.4, 0.5) is 11.5 Å². The zero-order valence-electron chi connectivity index (χ0n) is 17.7. The molecule has 0 aliphatic carbocycles. The molecule has 0 aliphatic rings. The van der Waals surface area contributed by atoms with Crippen LogP contribution in [0.15, 0.2) is 48.1 Å². The molecule has 0 aliphatic heterocycles. The van der Waals surface area contributed by atoms with Crippen LogP contribution in [0.5, 0.6) is 16.7 Å². The van der Waals surface area contributed by atoms with Crippen LogP contribution in [-0.2, 0) is 0 Å². The molecule has 4 aromatic rings. The van der Waals surface area contributed by atoms with E-state index in [4.69, 9.17) is 14.2 Å². The minimum absolute atomic E-state index is 0.543. The Labute approximate surface area is 185 Å². The summed E-state index contributed by atoms with van der Waals surface area (Å²) in [4.78, 5) is 13.4. The monoisotopic (exact) mass is 436 g/mol. The summed E-state index contributed by atoms with van der Waals surface area (Å²) in [6.45, 7) is 7.54. The summed E-state index contributed by atoms with van der Waals surface area (Å²) >= 11 is 1.49. The van der Waals surface area contributed by atoms with Crippen molar-refractivity contribution in [2.45, 2.75) is 20.8 Å². The Hall–Kier alpha value is -3.39. The molecular weight excluding hydrogens is 412 g/mol. The summed E-state index contributed by atoms with van der Waals surface area (Å²) < 4.78 is 17.0. The van der Waals surface area contributed by atoms with Gasteiger partial charge in [-0.25, -0.2) is 15.0 Å². The maximum absolute atomic E-state index is 5.77. The van der Waals surface area contributed by atoms with Crippen LogP contribution in [0.3, 0.4) is 0 Å². The number of hydrogen-bond donors (Lipinski definition) is 1. The predicted molar refractivity (Wildman–Crippen MR) is 124 cm³/mol. The summed E-state index contributed by atoms with van der Waals surface area (Å²) in [6.07, 6.45) is 1.54. The van der Waals surface area contributed by atoms with Gasteiger partial charge in [0.05, 0.1) is 31.0 Å². The first-order valence-electron chi connectivity index (χ1n) is 10.2. The van der Waals surface area contributed by atoms with E-state index in [2.05, 4.69) is 20.3 Å². The number of fused-ring (bicyclic) bond motifs is 1. The Morgan fingerprint density at radius 3 is 2.45 bits per heavy atom. The van der Waals surface area contributed by atoms with Crippen LogP contribution in [-0.4, -0.2) is 34.8 Å². The molecule has 31 heavy (non-hydrogen) atoms. The number of anilines is 2. The fraction of sp³-hybridized carbons (Fsp3) is 0.261. The van der Waals surface area contributed by atoms with E-state index in [-0.39, 0.29) is 0 Å². The molecule has 4 rings (SSSR count). The van der Waals surface area contributed by atoms with Gasteiger partial charge in [0.25, 0.3) is 5.19 Å². The molecule has 0 radical (unpaired) electrons. The summed E-state index contributed by atoms with van der Waals surface area (Å²) in [5, 5.41) is 6.93. The van der Waals surface area contributed by atoms with Crippen LogP contribution < -0.4 is 19.5 Å². The highest BCUT2D eigenvalue weighted by molar-refractivity contribution is 7.11. The van der Waals surface area contributed by atoms with Crippen molar-refractivity contribution in [3.63, 3.8) is 0 Å². The SMILES string of the molecule is CCOc1nc(-c2cccc(Nc3ncnc4cc(OCC)c(OCC)cc34)c2)cs1. The normalized spacial score (nSPS) is 10.8. The lowest BCUT2D eigenvalue weighted by molar-refractivity contribution is 0.288. The van der Waals surface area contributed by atoms with Crippen molar-refractivity contribution in [1.82, 2.24) is 15.0 Å². The number of benzene rings is 2. The molecule has 0 unspecified atom stereocenters. The molecule has 2 aromatic carbocycles. The van der Waals surface area contributed by atoms with Crippen molar-refractivity contribution in [2.24, 2.45) is 0 Å². The predicted octanol–water partition coefficient (Wildman–Crippen LogP) is 5.69. The molecule has 0 atom stereocenters. The van der Waals surface area contributed by atoms with Gasteiger partial charge >= 0.3 is 0 Å². The quantitative estimate of drug-likeness (QED) is 0.361. The van der Waals surface area contributed by atoms with Crippen molar-refractivity contribution in [1.29, 1.82) is 0 Å². The van der Waals surface area contributed by atoms with Crippen molar-refractivity contribution >= 4 is 33.7 Å². The topological polar surface area (TPSA) is 78.4 Å². The van der Waals surface area contributed by atoms with Gasteiger partial charge in [-0.15, -0.1) is 0 Å². The van der Waals surface area contributed by atoms with Gasteiger partial charge < -0.3 is 19.5 Å². The highest BCUT2D eigenvalue weighted by atomic mass is 32.1. The minimum atomic E-state index is 0.543. The minimum Gasteiger partial charge on any atom is -0.490 e. The van der Waals surface area contributed by atoms with Crippen molar-refractivity contribution in [3.8, 4) is 28.0 Å². The number of aromatic nitrogens is 3. The number of thiazole rings is 1. The zero-order chi connectivity index (χ0) is 21.6. The van der Waals surface area contributed by atoms with Gasteiger partial charge in [0.15, 0.2) is 11.5 Å². The van der Waals surface area contributed by atoms with Gasteiger partial charge in [0.2, 0.25) is 0 Å². The van der Waals surface area contributed by atoms with E-state index in [1.165, 1.54) is 11.3 Å². The van der Waals surface area contributed by atoms with Gasteiger partial charge in [-0.3, -0.25) is 0 Å². The fourth-order valence-corrected chi connectivity index (χ4v) is 3.91. The molecule has 7 nitrogen and oxygen atoms in total. The molecule has 8 heteroatoms. The number of nitrogens with zero attached hydrogens (tertiary/aromatic N) is 3. The van der Waals surface area contributed by atoms with E-state index in [1.54, 1.807) is 6.33 Å². The van der Waals surface area contributed by atoms with Crippen molar-refractivity contribution in [3.05, 3.63) is 48.1 Å². The molecule has 2 heterocycles. The van der Waals surface area contributed by atoms with Crippen LogP contribution in [0.1, 0.15) is 20.8 Å². The maximum Gasteiger partial charge on any atom is 0.273 e. The van der Waals surface area contributed by atoms with E-state index in [1.807, 2.05) is 62.5 Å². The molecule has 160 valence electrons. The first-order chi connectivity index (χ1) is 15.2. The second-order valence-corrected chi connectivity index (χ2v) is 7.36. The lowest BCUT2D eigenvalue weighted by Crippen LogP contribution is -2.01. The average Bonchev–Trinajstić information content (AvgIpc) is 3.24. The Morgan fingerprint density at radius 2 is 1.68 bits per heavy atom. The van der Waals surface area contributed by atoms with E-state index in [0.29, 0.717) is 42.3 Å². The highest BCUT2D eigenvalue weighted by Crippen LogP contribution is 2.35. The van der Waals surface area contributed by atoms with Crippen molar-refractivity contribution in [2.75, 3.05) is 25.1 Å². The van der Waals surface area contributed by atoms with Crippen LogP contribution in [0.2, 0.25) is 0 Å². The van der Waals surface area contributed by atoms with Gasteiger partial charge in [-0.1, -0.05) is 23.5 Å². The molecule has 1 N–H and O–H groups in total. The third-order valence-electron chi connectivity index (χ3n) is 4.47. The summed E-state index contributed by atoms with van der Waals surface area (Å²) in [5.41, 5.74) is 3.56. The Kier molecular flexibility index (Phi) is 6.47. The standard InChI is InChI=1S/C23H24N4O3S/c1-4-28-20-11-17-18(12-21(20)29-5-2)24-14-25-22(17)26-16-9-7-8-15(10-16)19-13-31-23(27-19)30-6-3/h7-14H,4-6H2,1-3H3,(H,24,25,26). The average molecular weight is 437 g/mol. The van der Waals surface area contributed by atoms with Crippen LogP contribution >= 0.6 is 11.3 Å². The molecular formula is C23H24N4O3S. The maximum atomic E-state index is 5.77. The summed E-state index contributed by atoms with van der Waals surface area (Å²) in [6, 6.07) is 11.8. The molecule has 0 spiro atoms. The number of ether oxygens (including phenoxy) is 3. The third-order valence-corrected chi connectivity index (χ3v) is 5.22. The largest absolute Gasteiger partial charge is 0.490 e. The lowest BCUT2D eigenvalue weighted by atomic mass is 10.1. The summed E-state index contributed by atoms with van der Waals surface area (Å²) in [5.74, 6) is 2.05. The smallest absolute Gasteiger partial charge is 0.273 e. The van der Waals surface area contributed by atoms with Gasteiger partial charge in [-0.2, -0.15) is 0 Å². The van der Waals surface area contributed by atoms with E-state index >= 15 is 0 Å². The molecule has 0 amide bonds.